The van der Waals surface area contributed by atoms with Crippen LogP contribution in [0.15, 0.2) is 18.6 Å². The van der Waals surface area contributed by atoms with Gasteiger partial charge in [-0.2, -0.15) is 0 Å². The molecule has 2 aromatic heterocycles. The van der Waals surface area contributed by atoms with Crippen molar-refractivity contribution in [3.63, 3.8) is 0 Å². The highest BCUT2D eigenvalue weighted by Gasteiger charge is 2.41. The Morgan fingerprint density at radius 3 is 3.06 bits per heavy atom. The Bertz CT molecular complexity index is 536. The number of aromatic nitrogens is 3. The molecule has 2 fully saturated rings. The number of fused-ring (bicyclic) bond motifs is 3. The van der Waals surface area contributed by atoms with E-state index < -0.39 is 0 Å². The minimum Gasteiger partial charge on any atom is -0.346 e. The molecule has 0 aliphatic heterocycles. The lowest BCUT2D eigenvalue weighted by atomic mass is 9.85. The molecule has 3 nitrogen and oxygen atoms in total. The van der Waals surface area contributed by atoms with Crippen molar-refractivity contribution in [1.29, 1.82) is 0 Å². The summed E-state index contributed by atoms with van der Waals surface area (Å²) >= 11 is 0. The van der Waals surface area contributed by atoms with Gasteiger partial charge in [0, 0.05) is 18.9 Å². The number of nitrogens with zero attached hydrogens (tertiary/aromatic N) is 2. The number of nitrogens with one attached hydrogen (secondary N) is 1. The molecule has 0 aromatic carbocycles. The topological polar surface area (TPSA) is 41.6 Å². The molecule has 0 radical (unpaired) electrons. The van der Waals surface area contributed by atoms with Crippen LogP contribution in [0.1, 0.15) is 38.7 Å². The van der Waals surface area contributed by atoms with Gasteiger partial charge in [0.05, 0.1) is 5.69 Å². The predicted octanol–water partition coefficient (Wildman–Crippen LogP) is 3.11. The van der Waals surface area contributed by atoms with Crippen molar-refractivity contribution in [2.45, 2.75) is 31.6 Å². The molecule has 2 aliphatic carbocycles. The maximum Gasteiger partial charge on any atom is 0.140 e. The highest BCUT2D eigenvalue weighted by Crippen LogP contribution is 2.53. The number of hydrogen-bond acceptors (Lipinski definition) is 2. The first-order valence-electron chi connectivity index (χ1n) is 6.20. The van der Waals surface area contributed by atoms with E-state index in [0.29, 0.717) is 5.92 Å². The number of rotatable bonds is 1. The Labute approximate surface area is 95.8 Å². The molecule has 16 heavy (non-hydrogen) atoms. The smallest absolute Gasteiger partial charge is 0.140 e. The summed E-state index contributed by atoms with van der Waals surface area (Å²) in [5.41, 5.74) is 2.28. The molecule has 2 saturated carbocycles. The molecule has 2 heterocycles. The van der Waals surface area contributed by atoms with Crippen molar-refractivity contribution < 1.29 is 1.43 Å². The van der Waals surface area contributed by atoms with Gasteiger partial charge < -0.3 is 4.98 Å². The summed E-state index contributed by atoms with van der Waals surface area (Å²) in [6.07, 6.45) is 9.31. The lowest BCUT2D eigenvalue weighted by Gasteiger charge is -2.21. The van der Waals surface area contributed by atoms with Crippen molar-refractivity contribution >= 4 is 11.0 Å². The van der Waals surface area contributed by atoms with Gasteiger partial charge >= 0.3 is 0 Å². The first-order valence-corrected chi connectivity index (χ1v) is 6.20. The molecule has 0 saturated heterocycles. The fourth-order valence-electron chi connectivity index (χ4n) is 3.77. The maximum absolute atomic E-state index is 4.55. The third kappa shape index (κ3) is 1.09. The van der Waals surface area contributed by atoms with Gasteiger partial charge in [-0.1, -0.05) is 6.42 Å². The van der Waals surface area contributed by atoms with E-state index in [0.717, 1.165) is 17.5 Å². The Hall–Kier alpha value is -1.38. The highest BCUT2D eigenvalue weighted by atomic mass is 14.9. The summed E-state index contributed by atoms with van der Waals surface area (Å²) in [5, 5.41) is 1.24. The first kappa shape index (κ1) is 8.74. The number of H-pyrrole nitrogens is 1. The zero-order chi connectivity index (χ0) is 10.5. The normalized spacial score (nSPS) is 32.6. The van der Waals surface area contributed by atoms with Crippen LogP contribution >= 0.6 is 0 Å². The molecule has 2 aromatic rings. The van der Waals surface area contributed by atoms with Crippen LogP contribution in [0.3, 0.4) is 0 Å². The van der Waals surface area contributed by atoms with Gasteiger partial charge in [-0.3, -0.25) is 0 Å². The Morgan fingerprint density at radius 1 is 1.25 bits per heavy atom. The molecule has 0 spiro atoms. The second kappa shape index (κ2) is 3.06. The van der Waals surface area contributed by atoms with Crippen LogP contribution in [0.25, 0.3) is 11.0 Å². The quantitative estimate of drug-likeness (QED) is 0.794. The van der Waals surface area contributed by atoms with Gasteiger partial charge in [0.1, 0.15) is 12.0 Å². The molecular formula is C13H17N3. The van der Waals surface area contributed by atoms with Crippen LogP contribution < -0.4 is 0 Å². The first-order chi connectivity index (χ1) is 7.92. The molecule has 0 amide bonds. The van der Waals surface area contributed by atoms with Crippen molar-refractivity contribution in [3.8, 4) is 0 Å². The van der Waals surface area contributed by atoms with E-state index in [1.165, 1.54) is 36.8 Å². The van der Waals surface area contributed by atoms with Crippen LogP contribution in [0.5, 0.6) is 0 Å². The van der Waals surface area contributed by atoms with Gasteiger partial charge in [-0.05, 0) is 37.2 Å². The molecule has 3 unspecified atom stereocenters. The summed E-state index contributed by atoms with van der Waals surface area (Å²) in [4.78, 5) is 12.0. The van der Waals surface area contributed by atoms with Gasteiger partial charge in [0.25, 0.3) is 0 Å². The standard InChI is InChI=1S/C13H15N3.H2/c1-2-9-5-8(1)6-11(9)12-10-3-4-14-13(10)16-7-15-12;/h3-4,7-9,11H,1-2,5-6H2,(H,14,15,16);1H. The van der Waals surface area contributed by atoms with Gasteiger partial charge in [0.15, 0.2) is 0 Å². The van der Waals surface area contributed by atoms with Crippen molar-refractivity contribution in [2.24, 2.45) is 11.8 Å². The lowest BCUT2D eigenvalue weighted by molar-refractivity contribution is 0.415. The van der Waals surface area contributed by atoms with Crippen LogP contribution in [0, 0.1) is 11.8 Å². The summed E-state index contributed by atoms with van der Waals surface area (Å²) in [6, 6.07) is 2.12. The summed E-state index contributed by atoms with van der Waals surface area (Å²) < 4.78 is 0. The molecule has 2 aliphatic rings. The molecule has 3 atom stereocenters. The SMILES string of the molecule is [HH].c1nc(C2CC3CCC2C3)c2cc[nH]c2n1. The zero-order valence-electron chi connectivity index (χ0n) is 9.19. The van der Waals surface area contributed by atoms with Gasteiger partial charge in [0.2, 0.25) is 0 Å². The maximum atomic E-state index is 4.55. The zero-order valence-corrected chi connectivity index (χ0v) is 9.19. The molecule has 2 bridgehead atoms. The van der Waals surface area contributed by atoms with Crippen LogP contribution in [-0.2, 0) is 0 Å². The number of hydrogen-bond donors (Lipinski definition) is 1. The Balaban J connectivity index is 0.000000902. The Kier molecular flexibility index (Phi) is 1.67. The second-order valence-corrected chi connectivity index (χ2v) is 5.28. The molecule has 4 rings (SSSR count). The third-order valence-corrected chi connectivity index (χ3v) is 4.47. The molecule has 84 valence electrons. The molecular weight excluding hydrogens is 198 g/mol. The average Bonchev–Trinajstić information content (AvgIpc) is 3.03. The fraction of sp³-hybridized carbons (Fsp3) is 0.538. The van der Waals surface area contributed by atoms with Crippen molar-refractivity contribution in [1.82, 2.24) is 15.0 Å². The predicted molar refractivity (Wildman–Crippen MR) is 64.2 cm³/mol. The van der Waals surface area contributed by atoms with Crippen LogP contribution in [-0.4, -0.2) is 15.0 Å². The summed E-state index contributed by atoms with van der Waals surface area (Å²) in [5.74, 6) is 2.55. The van der Waals surface area contributed by atoms with E-state index in [4.69, 9.17) is 0 Å². The van der Waals surface area contributed by atoms with Gasteiger partial charge in [-0.25, -0.2) is 9.97 Å². The lowest BCUT2D eigenvalue weighted by Crippen LogP contribution is -2.10. The summed E-state index contributed by atoms with van der Waals surface area (Å²) in [6.45, 7) is 0. The largest absolute Gasteiger partial charge is 0.346 e. The summed E-state index contributed by atoms with van der Waals surface area (Å²) in [7, 11) is 0. The van der Waals surface area contributed by atoms with Crippen molar-refractivity contribution in [3.05, 3.63) is 24.3 Å². The van der Waals surface area contributed by atoms with Gasteiger partial charge in [-0.15, -0.1) is 0 Å². The van der Waals surface area contributed by atoms with E-state index in [-0.39, 0.29) is 1.43 Å². The van der Waals surface area contributed by atoms with E-state index >= 15 is 0 Å². The average molecular weight is 215 g/mol. The second-order valence-electron chi connectivity index (χ2n) is 5.28. The van der Waals surface area contributed by atoms with E-state index in [9.17, 15) is 0 Å². The van der Waals surface area contributed by atoms with Crippen molar-refractivity contribution in [2.75, 3.05) is 0 Å². The van der Waals surface area contributed by atoms with Crippen LogP contribution in [0.2, 0.25) is 0 Å². The molecule has 3 heteroatoms. The minimum atomic E-state index is 0. The highest BCUT2D eigenvalue weighted by molar-refractivity contribution is 5.78. The van der Waals surface area contributed by atoms with E-state index in [1.54, 1.807) is 6.33 Å². The molecule has 1 N–H and O–H groups in total. The third-order valence-electron chi connectivity index (χ3n) is 4.47. The number of aromatic amines is 1. The van der Waals surface area contributed by atoms with E-state index in [1.807, 2.05) is 6.20 Å². The van der Waals surface area contributed by atoms with Crippen LogP contribution in [0.4, 0.5) is 0 Å². The minimum absolute atomic E-state index is 0. The Morgan fingerprint density at radius 2 is 2.25 bits per heavy atom. The van der Waals surface area contributed by atoms with E-state index in [2.05, 4.69) is 21.0 Å². The fourth-order valence-corrected chi connectivity index (χ4v) is 3.77. The monoisotopic (exact) mass is 215 g/mol.